The molecule has 0 radical (unpaired) electrons. The van der Waals surface area contributed by atoms with Crippen molar-refractivity contribution in [3.05, 3.63) is 59.7 Å². The van der Waals surface area contributed by atoms with E-state index in [-0.39, 0.29) is 11.7 Å². The summed E-state index contributed by atoms with van der Waals surface area (Å²) in [6, 6.07) is 11.8. The number of alkyl halides is 2. The van der Waals surface area contributed by atoms with Gasteiger partial charge in [0.1, 0.15) is 5.75 Å². The fourth-order valence-electron chi connectivity index (χ4n) is 2.52. The number of nitrogens with one attached hydrogen (secondary N) is 1. The van der Waals surface area contributed by atoms with E-state index in [4.69, 9.17) is 9.47 Å². The average Bonchev–Trinajstić information content (AvgIpc) is 2.71. The maximum Gasteiger partial charge on any atom is 0.387 e. The summed E-state index contributed by atoms with van der Waals surface area (Å²) >= 11 is 0. The molecule has 29 heavy (non-hydrogen) atoms. The molecule has 5 nitrogen and oxygen atoms in total. The molecule has 0 aliphatic heterocycles. The fourth-order valence-corrected chi connectivity index (χ4v) is 2.52. The van der Waals surface area contributed by atoms with E-state index in [1.807, 2.05) is 19.1 Å². The number of carbonyl (C=O) groups is 1. The predicted octanol–water partition coefficient (Wildman–Crippen LogP) is 4.46. The first-order chi connectivity index (χ1) is 14.0. The Balaban J connectivity index is 1.82. The van der Waals surface area contributed by atoms with Crippen LogP contribution in [0.5, 0.6) is 17.2 Å². The van der Waals surface area contributed by atoms with E-state index in [1.54, 1.807) is 31.4 Å². The zero-order valence-corrected chi connectivity index (χ0v) is 16.5. The first kappa shape index (κ1) is 22.2. The van der Waals surface area contributed by atoms with Gasteiger partial charge in [0.15, 0.2) is 11.5 Å². The van der Waals surface area contributed by atoms with Crippen LogP contribution >= 0.6 is 0 Å². The standard InChI is InChI=1S/C22H25F2NO4/c1-3-14-28-19-10-6-17(15-20(19)27-2)7-11-21(26)25-13-12-16-4-8-18(9-5-16)29-22(23)24/h4-11,15,22H,3,12-14H2,1-2H3,(H,25,26)/b11-7+. The Morgan fingerprint density at radius 1 is 1.14 bits per heavy atom. The van der Waals surface area contributed by atoms with Crippen LogP contribution in [0.2, 0.25) is 0 Å². The van der Waals surface area contributed by atoms with Crippen molar-refractivity contribution in [3.8, 4) is 17.2 Å². The van der Waals surface area contributed by atoms with Gasteiger partial charge < -0.3 is 19.5 Å². The van der Waals surface area contributed by atoms with Crippen molar-refractivity contribution < 1.29 is 27.8 Å². The summed E-state index contributed by atoms with van der Waals surface area (Å²) in [5.41, 5.74) is 1.72. The summed E-state index contributed by atoms with van der Waals surface area (Å²) in [5.74, 6) is 1.16. The highest BCUT2D eigenvalue weighted by atomic mass is 19.3. The van der Waals surface area contributed by atoms with E-state index in [0.717, 1.165) is 17.5 Å². The highest BCUT2D eigenvalue weighted by molar-refractivity contribution is 5.91. The molecule has 2 aromatic carbocycles. The van der Waals surface area contributed by atoms with Crippen molar-refractivity contribution in [2.45, 2.75) is 26.4 Å². The Bertz CT molecular complexity index is 807. The van der Waals surface area contributed by atoms with Crippen LogP contribution in [0.15, 0.2) is 48.5 Å². The lowest BCUT2D eigenvalue weighted by Crippen LogP contribution is -2.23. The molecule has 1 N–H and O–H groups in total. The molecule has 156 valence electrons. The molecule has 7 heteroatoms. The number of amides is 1. The normalized spacial score (nSPS) is 10.9. The third kappa shape index (κ3) is 7.81. The zero-order valence-electron chi connectivity index (χ0n) is 16.5. The molecule has 0 heterocycles. The summed E-state index contributed by atoms with van der Waals surface area (Å²) in [6.45, 7) is 0.215. The van der Waals surface area contributed by atoms with E-state index in [2.05, 4.69) is 10.1 Å². The zero-order chi connectivity index (χ0) is 21.1. The van der Waals surface area contributed by atoms with Crippen LogP contribution in [0, 0.1) is 0 Å². The van der Waals surface area contributed by atoms with E-state index >= 15 is 0 Å². The lowest BCUT2D eigenvalue weighted by atomic mass is 10.1. The number of benzene rings is 2. The van der Waals surface area contributed by atoms with Gasteiger partial charge in [-0.1, -0.05) is 25.1 Å². The van der Waals surface area contributed by atoms with E-state index in [1.165, 1.54) is 18.2 Å². The molecule has 0 fully saturated rings. The van der Waals surface area contributed by atoms with Gasteiger partial charge in [0, 0.05) is 12.6 Å². The number of hydrogen-bond acceptors (Lipinski definition) is 4. The molecule has 0 aliphatic carbocycles. The maximum atomic E-state index is 12.1. The molecule has 0 saturated heterocycles. The topological polar surface area (TPSA) is 56.8 Å². The van der Waals surface area contributed by atoms with Crippen molar-refractivity contribution >= 4 is 12.0 Å². The predicted molar refractivity (Wildman–Crippen MR) is 108 cm³/mol. The second-order valence-corrected chi connectivity index (χ2v) is 6.16. The number of ether oxygens (including phenoxy) is 3. The van der Waals surface area contributed by atoms with Crippen molar-refractivity contribution in [1.29, 1.82) is 0 Å². The molecule has 0 aliphatic rings. The smallest absolute Gasteiger partial charge is 0.387 e. The maximum absolute atomic E-state index is 12.1. The Morgan fingerprint density at radius 3 is 2.55 bits per heavy atom. The average molecular weight is 405 g/mol. The molecule has 0 unspecified atom stereocenters. The number of hydrogen-bond donors (Lipinski definition) is 1. The van der Waals surface area contributed by atoms with Gasteiger partial charge in [-0.05, 0) is 54.3 Å². The van der Waals surface area contributed by atoms with Crippen LogP contribution < -0.4 is 19.5 Å². The summed E-state index contributed by atoms with van der Waals surface area (Å²) in [4.78, 5) is 12.0. The lowest BCUT2D eigenvalue weighted by Gasteiger charge is -2.10. The Labute approximate surface area is 169 Å². The van der Waals surface area contributed by atoms with Crippen LogP contribution in [-0.2, 0) is 11.2 Å². The monoisotopic (exact) mass is 405 g/mol. The molecule has 0 atom stereocenters. The fraction of sp³-hybridized carbons (Fsp3) is 0.318. The van der Waals surface area contributed by atoms with Gasteiger partial charge in [0.25, 0.3) is 0 Å². The third-order valence-corrected chi connectivity index (χ3v) is 3.94. The van der Waals surface area contributed by atoms with Crippen molar-refractivity contribution in [3.63, 3.8) is 0 Å². The minimum atomic E-state index is -2.84. The van der Waals surface area contributed by atoms with Crippen molar-refractivity contribution in [2.75, 3.05) is 20.3 Å². The summed E-state index contributed by atoms with van der Waals surface area (Å²) in [7, 11) is 1.57. The van der Waals surface area contributed by atoms with Crippen LogP contribution in [0.25, 0.3) is 6.08 Å². The molecule has 2 rings (SSSR count). The van der Waals surface area contributed by atoms with Gasteiger partial charge in [-0.25, -0.2) is 0 Å². The minimum absolute atomic E-state index is 0.109. The Kier molecular flexibility index (Phi) is 8.95. The molecule has 0 aromatic heterocycles. The molecule has 0 saturated carbocycles. The van der Waals surface area contributed by atoms with Crippen LogP contribution in [-0.4, -0.2) is 32.8 Å². The third-order valence-electron chi connectivity index (χ3n) is 3.94. The quantitative estimate of drug-likeness (QED) is 0.561. The van der Waals surface area contributed by atoms with E-state index < -0.39 is 6.61 Å². The van der Waals surface area contributed by atoms with Gasteiger partial charge in [0.05, 0.1) is 13.7 Å². The summed E-state index contributed by atoms with van der Waals surface area (Å²) in [5, 5.41) is 2.78. The minimum Gasteiger partial charge on any atom is -0.493 e. The van der Waals surface area contributed by atoms with Gasteiger partial charge in [-0.3, -0.25) is 4.79 Å². The van der Waals surface area contributed by atoms with Crippen molar-refractivity contribution in [2.24, 2.45) is 0 Å². The van der Waals surface area contributed by atoms with Gasteiger partial charge >= 0.3 is 6.61 Å². The second-order valence-electron chi connectivity index (χ2n) is 6.16. The van der Waals surface area contributed by atoms with E-state index in [9.17, 15) is 13.6 Å². The van der Waals surface area contributed by atoms with Gasteiger partial charge in [0.2, 0.25) is 5.91 Å². The Hall–Kier alpha value is -3.09. The highest BCUT2D eigenvalue weighted by Crippen LogP contribution is 2.28. The van der Waals surface area contributed by atoms with Crippen LogP contribution in [0.1, 0.15) is 24.5 Å². The number of carbonyl (C=O) groups excluding carboxylic acids is 1. The first-order valence-electron chi connectivity index (χ1n) is 9.32. The van der Waals surface area contributed by atoms with E-state index in [0.29, 0.717) is 31.1 Å². The molecule has 2 aromatic rings. The molecular weight excluding hydrogens is 380 g/mol. The SMILES string of the molecule is CCCOc1ccc(/C=C/C(=O)NCCc2ccc(OC(F)F)cc2)cc1OC. The molecular formula is C22H25F2NO4. The number of rotatable bonds is 11. The number of methoxy groups -OCH3 is 1. The first-order valence-corrected chi connectivity index (χ1v) is 9.32. The lowest BCUT2D eigenvalue weighted by molar-refractivity contribution is -0.116. The van der Waals surface area contributed by atoms with Crippen LogP contribution in [0.4, 0.5) is 8.78 Å². The van der Waals surface area contributed by atoms with Gasteiger partial charge in [-0.2, -0.15) is 8.78 Å². The van der Waals surface area contributed by atoms with Crippen molar-refractivity contribution in [1.82, 2.24) is 5.32 Å². The summed E-state index contributed by atoms with van der Waals surface area (Å²) in [6.07, 6.45) is 4.61. The molecule has 1 amide bonds. The molecule has 0 spiro atoms. The Morgan fingerprint density at radius 2 is 1.90 bits per heavy atom. The highest BCUT2D eigenvalue weighted by Gasteiger charge is 2.05. The van der Waals surface area contributed by atoms with Gasteiger partial charge in [-0.15, -0.1) is 0 Å². The number of halogens is 2. The largest absolute Gasteiger partial charge is 0.493 e. The summed E-state index contributed by atoms with van der Waals surface area (Å²) < 4.78 is 39.5. The van der Waals surface area contributed by atoms with Crippen LogP contribution in [0.3, 0.4) is 0 Å². The molecule has 0 bridgehead atoms. The second kappa shape index (κ2) is 11.7.